The number of amides is 1. The van der Waals surface area contributed by atoms with Crippen molar-refractivity contribution in [1.29, 1.82) is 0 Å². The zero-order chi connectivity index (χ0) is 14.5. The monoisotopic (exact) mass is 336 g/mol. The number of halogens is 1. The fourth-order valence-corrected chi connectivity index (χ4v) is 2.17. The Kier molecular flexibility index (Phi) is 4.57. The Hall–Kier alpha value is -2.08. The molecule has 0 unspecified atom stereocenters. The first-order chi connectivity index (χ1) is 9.61. The highest BCUT2D eigenvalue weighted by Crippen LogP contribution is 2.24. The van der Waals surface area contributed by atoms with Crippen molar-refractivity contribution in [1.82, 2.24) is 5.43 Å². The lowest BCUT2D eigenvalue weighted by Crippen LogP contribution is -2.17. The van der Waals surface area contributed by atoms with Gasteiger partial charge in [0.25, 0.3) is 5.91 Å². The molecule has 0 fully saturated rings. The van der Waals surface area contributed by atoms with E-state index in [0.717, 1.165) is 15.8 Å². The van der Waals surface area contributed by atoms with Gasteiger partial charge in [-0.3, -0.25) is 4.79 Å². The maximum atomic E-state index is 11.8. The number of hydrazone groups is 1. The molecule has 1 amide bonds. The molecule has 0 saturated carbocycles. The Balaban J connectivity index is 2.02. The first-order valence-corrected chi connectivity index (χ1v) is 6.62. The van der Waals surface area contributed by atoms with E-state index in [1.165, 1.54) is 6.26 Å². The number of rotatable bonds is 4. The van der Waals surface area contributed by atoms with Crippen LogP contribution in [0, 0.1) is 6.92 Å². The molecule has 1 aromatic carbocycles. The molecule has 1 heterocycles. The van der Waals surface area contributed by atoms with Crippen LogP contribution >= 0.6 is 15.9 Å². The van der Waals surface area contributed by atoms with Crippen LogP contribution in [0.25, 0.3) is 0 Å². The molecular formula is C14H13BrN2O3. The van der Waals surface area contributed by atoms with Crippen molar-refractivity contribution in [3.8, 4) is 5.75 Å². The predicted octanol–water partition coefficient (Wildman–Crippen LogP) is 3.12. The van der Waals surface area contributed by atoms with Gasteiger partial charge in [0.15, 0.2) is 0 Å². The van der Waals surface area contributed by atoms with Gasteiger partial charge in [0.2, 0.25) is 0 Å². The maximum absolute atomic E-state index is 11.8. The third kappa shape index (κ3) is 3.27. The van der Waals surface area contributed by atoms with Gasteiger partial charge in [-0.05, 0) is 52.7 Å². The van der Waals surface area contributed by atoms with Crippen molar-refractivity contribution < 1.29 is 13.9 Å². The standard InChI is InChI=1S/C14H13BrN2O3/c1-9-11(5-6-20-9)14(18)17-16-8-10-3-4-13(19-2)12(15)7-10/h3-8H,1-2H3,(H,17,18)/b16-8-. The Morgan fingerprint density at radius 3 is 2.85 bits per heavy atom. The Morgan fingerprint density at radius 2 is 2.25 bits per heavy atom. The molecule has 5 nitrogen and oxygen atoms in total. The maximum Gasteiger partial charge on any atom is 0.274 e. The molecule has 2 rings (SSSR count). The molecule has 0 saturated heterocycles. The second-order valence-electron chi connectivity index (χ2n) is 3.98. The van der Waals surface area contributed by atoms with Crippen molar-refractivity contribution in [2.45, 2.75) is 6.92 Å². The van der Waals surface area contributed by atoms with Crippen LogP contribution in [-0.4, -0.2) is 19.2 Å². The van der Waals surface area contributed by atoms with Gasteiger partial charge in [-0.1, -0.05) is 0 Å². The molecule has 0 aliphatic heterocycles. The minimum absolute atomic E-state index is 0.305. The molecule has 0 aliphatic rings. The number of carbonyl (C=O) groups is 1. The summed E-state index contributed by atoms with van der Waals surface area (Å²) in [6.07, 6.45) is 3.02. The highest BCUT2D eigenvalue weighted by Gasteiger charge is 2.09. The lowest BCUT2D eigenvalue weighted by Gasteiger charge is -2.03. The molecule has 0 aliphatic carbocycles. The lowest BCUT2D eigenvalue weighted by atomic mass is 10.2. The summed E-state index contributed by atoms with van der Waals surface area (Å²) in [5.41, 5.74) is 3.75. The van der Waals surface area contributed by atoms with Crippen LogP contribution in [-0.2, 0) is 0 Å². The van der Waals surface area contributed by atoms with E-state index < -0.39 is 0 Å². The number of ether oxygens (including phenoxy) is 1. The average molecular weight is 337 g/mol. The van der Waals surface area contributed by atoms with Gasteiger partial charge in [-0.25, -0.2) is 5.43 Å². The molecule has 1 aromatic heterocycles. The number of benzene rings is 1. The van der Waals surface area contributed by atoms with Crippen molar-refractivity contribution >= 4 is 28.1 Å². The zero-order valence-corrected chi connectivity index (χ0v) is 12.6. The van der Waals surface area contributed by atoms with Crippen LogP contribution in [0.4, 0.5) is 0 Å². The summed E-state index contributed by atoms with van der Waals surface area (Å²) in [6, 6.07) is 7.09. The third-order valence-corrected chi connectivity index (χ3v) is 3.28. The average Bonchev–Trinajstić information content (AvgIpc) is 2.85. The van der Waals surface area contributed by atoms with Gasteiger partial charge in [-0.2, -0.15) is 5.10 Å². The molecule has 0 radical (unpaired) electrons. The summed E-state index contributed by atoms with van der Waals surface area (Å²) < 4.78 is 11.0. The summed E-state index contributed by atoms with van der Waals surface area (Å²) in [5, 5.41) is 3.91. The molecule has 0 atom stereocenters. The van der Waals surface area contributed by atoms with E-state index in [1.807, 2.05) is 18.2 Å². The van der Waals surface area contributed by atoms with Gasteiger partial charge in [0, 0.05) is 0 Å². The van der Waals surface area contributed by atoms with Crippen LogP contribution in [0.1, 0.15) is 21.7 Å². The second kappa shape index (κ2) is 6.38. The predicted molar refractivity (Wildman–Crippen MR) is 79.2 cm³/mol. The van der Waals surface area contributed by atoms with Gasteiger partial charge < -0.3 is 9.15 Å². The molecular weight excluding hydrogens is 324 g/mol. The number of methoxy groups -OCH3 is 1. The molecule has 2 aromatic rings. The first-order valence-electron chi connectivity index (χ1n) is 5.83. The SMILES string of the molecule is COc1ccc(/C=N\NC(=O)c2ccoc2C)cc1Br. The molecule has 0 spiro atoms. The van der Waals surface area contributed by atoms with E-state index in [9.17, 15) is 4.79 Å². The van der Waals surface area contributed by atoms with Gasteiger partial charge in [-0.15, -0.1) is 0 Å². The second-order valence-corrected chi connectivity index (χ2v) is 4.84. The van der Waals surface area contributed by atoms with Crippen LogP contribution in [0.5, 0.6) is 5.75 Å². The van der Waals surface area contributed by atoms with Crippen molar-refractivity contribution in [2.24, 2.45) is 5.10 Å². The fraction of sp³-hybridized carbons (Fsp3) is 0.143. The van der Waals surface area contributed by atoms with E-state index >= 15 is 0 Å². The van der Waals surface area contributed by atoms with Crippen molar-refractivity contribution in [3.63, 3.8) is 0 Å². The molecule has 6 heteroatoms. The number of nitrogens with one attached hydrogen (secondary N) is 1. The zero-order valence-electron chi connectivity index (χ0n) is 11.0. The van der Waals surface area contributed by atoms with Crippen LogP contribution < -0.4 is 10.2 Å². The van der Waals surface area contributed by atoms with Gasteiger partial charge >= 0.3 is 0 Å². The number of carbonyl (C=O) groups excluding carboxylic acids is 1. The van der Waals surface area contributed by atoms with E-state index in [1.54, 1.807) is 26.3 Å². The smallest absolute Gasteiger partial charge is 0.274 e. The highest BCUT2D eigenvalue weighted by molar-refractivity contribution is 9.10. The van der Waals surface area contributed by atoms with Crippen LogP contribution in [0.3, 0.4) is 0 Å². The third-order valence-electron chi connectivity index (χ3n) is 2.66. The van der Waals surface area contributed by atoms with Crippen molar-refractivity contribution in [3.05, 3.63) is 51.9 Å². The highest BCUT2D eigenvalue weighted by atomic mass is 79.9. The largest absolute Gasteiger partial charge is 0.496 e. The Labute approximate surface area is 124 Å². The fourth-order valence-electron chi connectivity index (χ4n) is 1.61. The summed E-state index contributed by atoms with van der Waals surface area (Å²) in [7, 11) is 1.60. The Morgan fingerprint density at radius 1 is 1.45 bits per heavy atom. The normalized spacial score (nSPS) is 10.8. The van der Waals surface area contributed by atoms with E-state index in [2.05, 4.69) is 26.5 Å². The quantitative estimate of drug-likeness (QED) is 0.689. The number of furan rings is 1. The lowest BCUT2D eigenvalue weighted by molar-refractivity contribution is 0.0953. The van der Waals surface area contributed by atoms with Crippen LogP contribution in [0.15, 0.2) is 44.5 Å². The molecule has 104 valence electrons. The minimum Gasteiger partial charge on any atom is -0.496 e. The topological polar surface area (TPSA) is 63.8 Å². The number of hydrogen-bond acceptors (Lipinski definition) is 4. The summed E-state index contributed by atoms with van der Waals surface area (Å²) in [5.74, 6) is 0.991. The molecule has 1 N–H and O–H groups in total. The van der Waals surface area contributed by atoms with Crippen molar-refractivity contribution in [2.75, 3.05) is 7.11 Å². The number of nitrogens with zero attached hydrogens (tertiary/aromatic N) is 1. The minimum atomic E-state index is -0.305. The number of aryl methyl sites for hydroxylation is 1. The number of hydrogen-bond donors (Lipinski definition) is 1. The molecule has 20 heavy (non-hydrogen) atoms. The van der Waals surface area contributed by atoms with E-state index in [-0.39, 0.29) is 5.91 Å². The van der Waals surface area contributed by atoms with Crippen LogP contribution in [0.2, 0.25) is 0 Å². The van der Waals surface area contributed by atoms with Gasteiger partial charge in [0.05, 0.1) is 29.6 Å². The summed E-state index contributed by atoms with van der Waals surface area (Å²) in [4.78, 5) is 11.8. The Bertz CT molecular complexity index is 650. The first kappa shape index (κ1) is 14.3. The molecule has 0 bridgehead atoms. The van der Waals surface area contributed by atoms with Gasteiger partial charge in [0.1, 0.15) is 11.5 Å². The summed E-state index contributed by atoms with van der Waals surface area (Å²) >= 11 is 3.38. The van der Waals surface area contributed by atoms with E-state index in [4.69, 9.17) is 9.15 Å². The summed E-state index contributed by atoms with van der Waals surface area (Å²) in [6.45, 7) is 1.72. The van der Waals surface area contributed by atoms with E-state index in [0.29, 0.717) is 11.3 Å².